The van der Waals surface area contributed by atoms with Crippen LogP contribution in [0.2, 0.25) is 0 Å². The molecule has 0 saturated heterocycles. The van der Waals surface area contributed by atoms with Gasteiger partial charge in [0.25, 0.3) is 0 Å². The molecular formula is C16H17N7O. The van der Waals surface area contributed by atoms with E-state index in [4.69, 9.17) is 9.72 Å². The lowest BCUT2D eigenvalue weighted by Gasteiger charge is -2.10. The zero-order valence-corrected chi connectivity index (χ0v) is 13.5. The number of hydrogen-bond donors (Lipinski definition) is 1. The second-order valence-electron chi connectivity index (χ2n) is 5.47. The topological polar surface area (TPSA) is 90.6 Å². The summed E-state index contributed by atoms with van der Waals surface area (Å²) in [6.07, 6.45) is 8.83. The van der Waals surface area contributed by atoms with Crippen LogP contribution >= 0.6 is 0 Å². The molecule has 8 heteroatoms. The first kappa shape index (κ1) is 14.6. The van der Waals surface area contributed by atoms with Crippen LogP contribution in [-0.2, 0) is 6.54 Å². The van der Waals surface area contributed by atoms with E-state index in [2.05, 4.69) is 25.3 Å². The molecule has 122 valence electrons. The van der Waals surface area contributed by atoms with Crippen molar-refractivity contribution in [3.63, 3.8) is 0 Å². The molecular weight excluding hydrogens is 306 g/mol. The lowest BCUT2D eigenvalue weighted by atomic mass is 10.3. The van der Waals surface area contributed by atoms with Crippen molar-refractivity contribution in [2.24, 2.45) is 0 Å². The summed E-state index contributed by atoms with van der Waals surface area (Å²) in [6, 6.07) is 0. The number of ether oxygens (including phenoxy) is 1. The van der Waals surface area contributed by atoms with E-state index in [0.717, 1.165) is 35.9 Å². The molecule has 3 aromatic heterocycles. The first-order chi connectivity index (χ1) is 11.8. The molecule has 0 aromatic carbocycles. The fourth-order valence-electron chi connectivity index (χ4n) is 2.68. The second kappa shape index (κ2) is 5.88. The Morgan fingerprint density at radius 2 is 2.08 bits per heavy atom. The molecule has 0 radical (unpaired) electrons. The van der Waals surface area contributed by atoms with E-state index in [9.17, 15) is 0 Å². The average Bonchev–Trinajstić information content (AvgIpc) is 3.23. The molecule has 0 aliphatic carbocycles. The minimum absolute atomic E-state index is 0.0546. The molecule has 3 aromatic rings. The van der Waals surface area contributed by atoms with Crippen LogP contribution in [0.3, 0.4) is 0 Å². The standard InChI is InChI=1S/C16H17N7O/c1-3-23-14(11-6-18-10(2)19-7-11)22-13-15(23)20-9-21-16(13)24-12-4-5-17-8-12/h4-7,9,12,17H,3,8H2,1-2H3/t12-/m0/s1. The van der Waals surface area contributed by atoms with Crippen molar-refractivity contribution in [2.75, 3.05) is 6.54 Å². The smallest absolute Gasteiger partial charge is 0.246 e. The molecule has 0 saturated carbocycles. The zero-order chi connectivity index (χ0) is 16.5. The van der Waals surface area contributed by atoms with Gasteiger partial charge in [-0.1, -0.05) is 0 Å². The number of fused-ring (bicyclic) bond motifs is 1. The summed E-state index contributed by atoms with van der Waals surface area (Å²) in [6.45, 7) is 5.35. The van der Waals surface area contributed by atoms with Gasteiger partial charge in [0.05, 0.1) is 12.1 Å². The summed E-state index contributed by atoms with van der Waals surface area (Å²) in [5, 5.41) is 3.11. The number of nitrogens with zero attached hydrogens (tertiary/aromatic N) is 6. The highest BCUT2D eigenvalue weighted by atomic mass is 16.5. The van der Waals surface area contributed by atoms with Crippen LogP contribution in [-0.4, -0.2) is 42.1 Å². The molecule has 4 rings (SSSR count). The Bertz CT molecular complexity index is 901. The van der Waals surface area contributed by atoms with E-state index in [1.807, 2.05) is 30.7 Å². The predicted molar refractivity (Wildman–Crippen MR) is 88.3 cm³/mol. The molecule has 1 atom stereocenters. The third-order valence-corrected chi connectivity index (χ3v) is 3.86. The van der Waals surface area contributed by atoms with Gasteiger partial charge in [0.1, 0.15) is 24.1 Å². The van der Waals surface area contributed by atoms with E-state index in [-0.39, 0.29) is 6.10 Å². The van der Waals surface area contributed by atoms with E-state index in [1.165, 1.54) is 6.33 Å². The Kier molecular flexibility index (Phi) is 3.56. The third-order valence-electron chi connectivity index (χ3n) is 3.86. The maximum atomic E-state index is 5.95. The number of aryl methyl sites for hydroxylation is 2. The van der Waals surface area contributed by atoms with Gasteiger partial charge < -0.3 is 14.6 Å². The van der Waals surface area contributed by atoms with Crippen molar-refractivity contribution in [1.29, 1.82) is 0 Å². The Morgan fingerprint density at radius 1 is 1.25 bits per heavy atom. The van der Waals surface area contributed by atoms with Crippen molar-refractivity contribution >= 4 is 11.2 Å². The van der Waals surface area contributed by atoms with Gasteiger partial charge >= 0.3 is 0 Å². The lowest BCUT2D eigenvalue weighted by Crippen LogP contribution is -2.21. The van der Waals surface area contributed by atoms with Crippen LogP contribution in [0.5, 0.6) is 5.88 Å². The van der Waals surface area contributed by atoms with Gasteiger partial charge in [-0.2, -0.15) is 4.98 Å². The minimum Gasteiger partial charge on any atom is -0.466 e. The van der Waals surface area contributed by atoms with E-state index in [0.29, 0.717) is 11.4 Å². The second-order valence-corrected chi connectivity index (χ2v) is 5.47. The number of aromatic nitrogens is 6. The molecule has 0 unspecified atom stereocenters. The molecule has 0 spiro atoms. The van der Waals surface area contributed by atoms with Crippen LogP contribution in [0.1, 0.15) is 12.7 Å². The van der Waals surface area contributed by atoms with Crippen molar-refractivity contribution in [2.45, 2.75) is 26.5 Å². The molecule has 1 aliphatic heterocycles. The summed E-state index contributed by atoms with van der Waals surface area (Å²) < 4.78 is 7.96. The number of hydrogen-bond acceptors (Lipinski definition) is 7. The molecule has 0 fully saturated rings. The minimum atomic E-state index is -0.0546. The van der Waals surface area contributed by atoms with E-state index >= 15 is 0 Å². The van der Waals surface area contributed by atoms with Crippen LogP contribution in [0, 0.1) is 6.92 Å². The Labute approximate surface area is 138 Å². The van der Waals surface area contributed by atoms with Gasteiger partial charge in [0.2, 0.25) is 5.88 Å². The highest BCUT2D eigenvalue weighted by Gasteiger charge is 2.20. The molecule has 0 bridgehead atoms. The lowest BCUT2D eigenvalue weighted by molar-refractivity contribution is 0.252. The zero-order valence-electron chi connectivity index (χ0n) is 13.5. The highest BCUT2D eigenvalue weighted by Crippen LogP contribution is 2.28. The number of imidazole rings is 1. The first-order valence-corrected chi connectivity index (χ1v) is 7.83. The van der Waals surface area contributed by atoms with Crippen molar-refractivity contribution in [3.05, 3.63) is 36.8 Å². The average molecular weight is 323 g/mol. The molecule has 1 aliphatic rings. The van der Waals surface area contributed by atoms with Crippen LogP contribution in [0.25, 0.3) is 22.6 Å². The van der Waals surface area contributed by atoms with Gasteiger partial charge in [-0.25, -0.2) is 19.9 Å². The monoisotopic (exact) mass is 323 g/mol. The summed E-state index contributed by atoms with van der Waals surface area (Å²) in [4.78, 5) is 21.9. The van der Waals surface area contributed by atoms with Gasteiger partial charge in [0.15, 0.2) is 11.2 Å². The number of nitrogens with one attached hydrogen (secondary N) is 1. The van der Waals surface area contributed by atoms with Crippen molar-refractivity contribution < 1.29 is 4.74 Å². The van der Waals surface area contributed by atoms with Gasteiger partial charge in [-0.05, 0) is 26.1 Å². The van der Waals surface area contributed by atoms with Crippen LogP contribution in [0.4, 0.5) is 0 Å². The van der Waals surface area contributed by atoms with Gasteiger partial charge in [-0.3, -0.25) is 0 Å². The Balaban J connectivity index is 1.83. The Hall–Kier alpha value is -3.03. The van der Waals surface area contributed by atoms with E-state index in [1.54, 1.807) is 12.4 Å². The summed E-state index contributed by atoms with van der Waals surface area (Å²) in [7, 11) is 0. The Morgan fingerprint density at radius 3 is 2.79 bits per heavy atom. The number of rotatable bonds is 4. The third kappa shape index (κ3) is 2.45. The van der Waals surface area contributed by atoms with Crippen LogP contribution in [0.15, 0.2) is 31.0 Å². The van der Waals surface area contributed by atoms with E-state index < -0.39 is 0 Å². The first-order valence-electron chi connectivity index (χ1n) is 7.83. The van der Waals surface area contributed by atoms with Crippen molar-refractivity contribution in [3.8, 4) is 17.3 Å². The molecule has 8 nitrogen and oxygen atoms in total. The summed E-state index contributed by atoms with van der Waals surface area (Å²) >= 11 is 0. The maximum Gasteiger partial charge on any atom is 0.246 e. The summed E-state index contributed by atoms with van der Waals surface area (Å²) in [5.41, 5.74) is 2.23. The molecule has 24 heavy (non-hydrogen) atoms. The fraction of sp³-hybridized carbons (Fsp3) is 0.312. The van der Waals surface area contributed by atoms with Crippen molar-refractivity contribution in [1.82, 2.24) is 34.8 Å². The molecule has 4 heterocycles. The maximum absolute atomic E-state index is 5.95. The van der Waals surface area contributed by atoms with Gasteiger partial charge in [0, 0.05) is 18.9 Å². The highest BCUT2D eigenvalue weighted by molar-refractivity contribution is 5.81. The predicted octanol–water partition coefficient (Wildman–Crippen LogP) is 1.48. The largest absolute Gasteiger partial charge is 0.466 e. The fourth-order valence-corrected chi connectivity index (χ4v) is 2.68. The van der Waals surface area contributed by atoms with Gasteiger partial charge in [-0.15, -0.1) is 0 Å². The molecule has 0 amide bonds. The normalized spacial score (nSPS) is 16.5. The van der Waals surface area contributed by atoms with Crippen LogP contribution < -0.4 is 10.1 Å². The SMILES string of the molecule is CCn1c(-c2cnc(C)nc2)nc2c(O[C@H]3C=CNC3)ncnc21. The molecule has 1 N–H and O–H groups in total. The summed E-state index contributed by atoms with van der Waals surface area (Å²) in [5.74, 6) is 1.97. The quantitative estimate of drug-likeness (QED) is 0.777.